The van der Waals surface area contributed by atoms with Crippen LogP contribution >= 0.6 is 23.2 Å². The average molecular weight is 327 g/mol. The highest BCUT2D eigenvalue weighted by atomic mass is 35.5. The fourth-order valence-electron chi connectivity index (χ4n) is 1.85. The molecule has 0 aliphatic rings. The lowest BCUT2D eigenvalue weighted by Gasteiger charge is -2.15. The molecule has 0 fully saturated rings. The molecule has 112 valence electrons. The van der Waals surface area contributed by atoms with Gasteiger partial charge in [0.05, 0.1) is 18.2 Å². The summed E-state index contributed by atoms with van der Waals surface area (Å²) in [5.41, 5.74) is 1.66. The molecule has 0 spiro atoms. The van der Waals surface area contributed by atoms with Crippen LogP contribution in [0, 0.1) is 0 Å². The molecule has 2 aromatic carbocycles. The molecule has 0 radical (unpaired) electrons. The van der Waals surface area contributed by atoms with Crippen molar-refractivity contribution in [1.82, 2.24) is 0 Å². The Morgan fingerprint density at radius 3 is 2.33 bits per heavy atom. The Bertz CT molecular complexity index is 597. The third-order valence-electron chi connectivity index (χ3n) is 2.85. The van der Waals surface area contributed by atoms with E-state index in [4.69, 9.17) is 32.7 Å². The maximum Gasteiger partial charge on any atom is 0.180 e. The number of aliphatic hydroxyl groups excluding tert-OH is 1. The second-order valence-electron chi connectivity index (χ2n) is 4.41. The molecule has 0 bridgehead atoms. The zero-order valence-corrected chi connectivity index (χ0v) is 13.1. The van der Waals surface area contributed by atoms with Crippen molar-refractivity contribution in [2.24, 2.45) is 0 Å². The minimum atomic E-state index is -0.0999. The standard InChI is InChI=1S/C16H16Cl2O3/c1-2-20-15-8-12(9-19)7-14(18)16(15)21-10-11-3-5-13(17)6-4-11/h3-8,19H,2,9-10H2,1H3. The van der Waals surface area contributed by atoms with Crippen molar-refractivity contribution in [3.63, 3.8) is 0 Å². The van der Waals surface area contributed by atoms with Gasteiger partial charge in [0.1, 0.15) is 6.61 Å². The van der Waals surface area contributed by atoms with Crippen molar-refractivity contribution in [3.8, 4) is 11.5 Å². The van der Waals surface area contributed by atoms with Crippen molar-refractivity contribution in [2.45, 2.75) is 20.1 Å². The molecule has 0 aromatic heterocycles. The summed E-state index contributed by atoms with van der Waals surface area (Å²) < 4.78 is 11.3. The van der Waals surface area contributed by atoms with Gasteiger partial charge in [-0.25, -0.2) is 0 Å². The van der Waals surface area contributed by atoms with Crippen LogP contribution in [-0.2, 0) is 13.2 Å². The molecule has 0 heterocycles. The minimum Gasteiger partial charge on any atom is -0.490 e. The summed E-state index contributed by atoms with van der Waals surface area (Å²) in [6, 6.07) is 10.8. The Morgan fingerprint density at radius 1 is 1.00 bits per heavy atom. The molecule has 0 atom stereocenters. The van der Waals surface area contributed by atoms with Gasteiger partial charge in [0.2, 0.25) is 0 Å². The molecule has 5 heteroatoms. The van der Waals surface area contributed by atoms with Crippen molar-refractivity contribution in [2.75, 3.05) is 6.61 Å². The lowest BCUT2D eigenvalue weighted by molar-refractivity contribution is 0.264. The monoisotopic (exact) mass is 326 g/mol. The van der Waals surface area contributed by atoms with Crippen molar-refractivity contribution < 1.29 is 14.6 Å². The molecule has 0 amide bonds. The first-order valence-electron chi connectivity index (χ1n) is 6.57. The molecular weight excluding hydrogens is 311 g/mol. The Labute approximate surface area is 134 Å². The Morgan fingerprint density at radius 2 is 1.71 bits per heavy atom. The second-order valence-corrected chi connectivity index (χ2v) is 5.25. The molecule has 2 aromatic rings. The second kappa shape index (κ2) is 7.55. The topological polar surface area (TPSA) is 38.7 Å². The summed E-state index contributed by atoms with van der Waals surface area (Å²) in [6.45, 7) is 2.62. The molecule has 0 saturated carbocycles. The van der Waals surface area contributed by atoms with Gasteiger partial charge in [0, 0.05) is 5.02 Å². The van der Waals surface area contributed by atoms with E-state index in [9.17, 15) is 5.11 Å². The molecule has 1 N–H and O–H groups in total. The van der Waals surface area contributed by atoms with Crippen molar-refractivity contribution in [3.05, 3.63) is 57.6 Å². The van der Waals surface area contributed by atoms with Crippen LogP contribution in [0.3, 0.4) is 0 Å². The third kappa shape index (κ3) is 4.27. The van der Waals surface area contributed by atoms with Crippen LogP contribution in [0.4, 0.5) is 0 Å². The molecule has 2 rings (SSSR count). The fourth-order valence-corrected chi connectivity index (χ4v) is 2.27. The van der Waals surface area contributed by atoms with Gasteiger partial charge in [-0.05, 0) is 42.3 Å². The van der Waals surface area contributed by atoms with Crippen LogP contribution in [-0.4, -0.2) is 11.7 Å². The van der Waals surface area contributed by atoms with Gasteiger partial charge in [-0.1, -0.05) is 35.3 Å². The lowest BCUT2D eigenvalue weighted by Crippen LogP contribution is -2.01. The number of benzene rings is 2. The normalized spacial score (nSPS) is 10.5. The van der Waals surface area contributed by atoms with Crippen LogP contribution in [0.5, 0.6) is 11.5 Å². The first kappa shape index (κ1) is 16.0. The number of aliphatic hydroxyl groups is 1. The number of rotatable bonds is 6. The molecule has 21 heavy (non-hydrogen) atoms. The number of hydrogen-bond donors (Lipinski definition) is 1. The zero-order chi connectivity index (χ0) is 15.2. The van der Waals surface area contributed by atoms with E-state index in [1.165, 1.54) is 0 Å². The molecule has 3 nitrogen and oxygen atoms in total. The van der Waals surface area contributed by atoms with E-state index in [1.807, 2.05) is 19.1 Å². The van der Waals surface area contributed by atoms with E-state index in [0.29, 0.717) is 40.3 Å². The van der Waals surface area contributed by atoms with Crippen LogP contribution in [0.25, 0.3) is 0 Å². The predicted molar refractivity (Wildman–Crippen MR) is 84.3 cm³/mol. The van der Waals surface area contributed by atoms with E-state index >= 15 is 0 Å². The highest BCUT2D eigenvalue weighted by Gasteiger charge is 2.12. The number of ether oxygens (including phenoxy) is 2. The summed E-state index contributed by atoms with van der Waals surface area (Å²) in [5.74, 6) is 1.01. The summed E-state index contributed by atoms with van der Waals surface area (Å²) in [4.78, 5) is 0. The fraction of sp³-hybridized carbons (Fsp3) is 0.250. The largest absolute Gasteiger partial charge is 0.490 e. The van der Waals surface area contributed by atoms with Gasteiger partial charge in [0.15, 0.2) is 11.5 Å². The first-order valence-corrected chi connectivity index (χ1v) is 7.33. The summed E-state index contributed by atoms with van der Waals surface area (Å²) in [6.07, 6.45) is 0. The predicted octanol–water partition coefficient (Wildman–Crippen LogP) is 4.46. The lowest BCUT2D eigenvalue weighted by atomic mass is 10.2. The van der Waals surface area contributed by atoms with Crippen LogP contribution < -0.4 is 9.47 Å². The molecule has 0 unspecified atom stereocenters. The maximum absolute atomic E-state index is 9.21. The van der Waals surface area contributed by atoms with E-state index in [1.54, 1.807) is 24.3 Å². The van der Waals surface area contributed by atoms with Gasteiger partial charge in [-0.2, -0.15) is 0 Å². The Balaban J connectivity index is 2.19. The molecule has 0 aliphatic heterocycles. The van der Waals surface area contributed by atoms with Gasteiger partial charge in [-0.3, -0.25) is 0 Å². The van der Waals surface area contributed by atoms with E-state index in [2.05, 4.69) is 0 Å². The average Bonchev–Trinajstić information content (AvgIpc) is 2.48. The van der Waals surface area contributed by atoms with Crippen LogP contribution in [0.1, 0.15) is 18.1 Å². The zero-order valence-electron chi connectivity index (χ0n) is 11.6. The van der Waals surface area contributed by atoms with Gasteiger partial charge >= 0.3 is 0 Å². The van der Waals surface area contributed by atoms with Crippen molar-refractivity contribution >= 4 is 23.2 Å². The van der Waals surface area contributed by atoms with Crippen molar-refractivity contribution in [1.29, 1.82) is 0 Å². The Hall–Kier alpha value is -1.42. The first-order chi connectivity index (χ1) is 10.1. The van der Waals surface area contributed by atoms with Crippen LogP contribution in [0.2, 0.25) is 10.0 Å². The minimum absolute atomic E-state index is 0.0999. The van der Waals surface area contributed by atoms with Gasteiger partial charge in [0.25, 0.3) is 0 Å². The van der Waals surface area contributed by atoms with Gasteiger partial charge < -0.3 is 14.6 Å². The summed E-state index contributed by atoms with van der Waals surface area (Å²) in [7, 11) is 0. The highest BCUT2D eigenvalue weighted by molar-refractivity contribution is 6.32. The molecule has 0 aliphatic carbocycles. The van der Waals surface area contributed by atoms with Crippen LogP contribution in [0.15, 0.2) is 36.4 Å². The quantitative estimate of drug-likeness (QED) is 0.851. The maximum atomic E-state index is 9.21. The SMILES string of the molecule is CCOc1cc(CO)cc(Cl)c1OCc1ccc(Cl)cc1. The summed E-state index contributed by atoms with van der Waals surface area (Å²) in [5, 5.41) is 10.3. The molecule has 0 saturated heterocycles. The van der Waals surface area contributed by atoms with E-state index in [-0.39, 0.29) is 6.61 Å². The number of halogens is 2. The van der Waals surface area contributed by atoms with Gasteiger partial charge in [-0.15, -0.1) is 0 Å². The highest BCUT2D eigenvalue weighted by Crippen LogP contribution is 2.37. The number of hydrogen-bond acceptors (Lipinski definition) is 3. The Kier molecular flexibility index (Phi) is 5.74. The third-order valence-corrected chi connectivity index (χ3v) is 3.38. The molecular formula is C16H16Cl2O3. The smallest absolute Gasteiger partial charge is 0.180 e. The van der Waals surface area contributed by atoms with E-state index in [0.717, 1.165) is 5.56 Å². The van der Waals surface area contributed by atoms with E-state index < -0.39 is 0 Å². The summed E-state index contributed by atoms with van der Waals surface area (Å²) >= 11 is 12.1.